The van der Waals surface area contributed by atoms with Gasteiger partial charge in [-0.05, 0) is 44.5 Å². The Morgan fingerprint density at radius 1 is 1.41 bits per heavy atom. The standard InChI is InChI=1S/C13H21N3S/c1-2-11-3-4-12(17-11)9-16-7-5-10(6-8-16)13(14)15/h3-4,10H,2,5-9H2,1H3,(H3,14,15). The summed E-state index contributed by atoms with van der Waals surface area (Å²) in [5, 5.41) is 7.47. The highest BCUT2D eigenvalue weighted by molar-refractivity contribution is 7.11. The summed E-state index contributed by atoms with van der Waals surface area (Å²) >= 11 is 1.93. The number of rotatable bonds is 4. The van der Waals surface area contributed by atoms with E-state index in [2.05, 4.69) is 24.0 Å². The fourth-order valence-corrected chi connectivity index (χ4v) is 3.32. The van der Waals surface area contributed by atoms with Gasteiger partial charge in [0.2, 0.25) is 0 Å². The number of thiophene rings is 1. The van der Waals surface area contributed by atoms with Crippen LogP contribution in [0.2, 0.25) is 0 Å². The molecule has 0 radical (unpaired) electrons. The molecule has 0 spiro atoms. The molecule has 94 valence electrons. The van der Waals surface area contributed by atoms with Gasteiger partial charge in [0, 0.05) is 22.2 Å². The second kappa shape index (κ2) is 5.65. The molecule has 0 unspecified atom stereocenters. The quantitative estimate of drug-likeness (QED) is 0.638. The van der Waals surface area contributed by atoms with E-state index in [0.29, 0.717) is 11.8 Å². The molecule has 0 atom stereocenters. The van der Waals surface area contributed by atoms with Crippen LogP contribution in [0.25, 0.3) is 0 Å². The predicted molar refractivity (Wildman–Crippen MR) is 73.6 cm³/mol. The average molecular weight is 251 g/mol. The molecule has 1 aliphatic rings. The van der Waals surface area contributed by atoms with Gasteiger partial charge in [0.15, 0.2) is 0 Å². The minimum atomic E-state index is 0.320. The zero-order valence-electron chi connectivity index (χ0n) is 10.4. The number of piperidine rings is 1. The van der Waals surface area contributed by atoms with Crippen molar-refractivity contribution in [2.75, 3.05) is 13.1 Å². The molecular formula is C13H21N3S. The van der Waals surface area contributed by atoms with E-state index in [1.807, 2.05) is 11.3 Å². The lowest BCUT2D eigenvalue weighted by molar-refractivity contribution is 0.203. The lowest BCUT2D eigenvalue weighted by Crippen LogP contribution is -2.37. The Morgan fingerprint density at radius 3 is 2.59 bits per heavy atom. The second-order valence-electron chi connectivity index (χ2n) is 4.73. The highest BCUT2D eigenvalue weighted by Gasteiger charge is 2.21. The first-order valence-corrected chi connectivity index (χ1v) is 7.14. The third kappa shape index (κ3) is 3.30. The smallest absolute Gasteiger partial charge is 0.0937 e. The van der Waals surface area contributed by atoms with Crippen molar-refractivity contribution in [2.24, 2.45) is 11.7 Å². The van der Waals surface area contributed by atoms with E-state index < -0.39 is 0 Å². The van der Waals surface area contributed by atoms with Crippen LogP contribution < -0.4 is 5.73 Å². The Hall–Kier alpha value is -0.870. The SMILES string of the molecule is CCc1ccc(CN2CCC(C(=N)N)CC2)s1. The highest BCUT2D eigenvalue weighted by atomic mass is 32.1. The minimum absolute atomic E-state index is 0.320. The first-order chi connectivity index (χ1) is 8.19. The lowest BCUT2D eigenvalue weighted by Gasteiger charge is -2.30. The van der Waals surface area contributed by atoms with Crippen molar-refractivity contribution >= 4 is 17.2 Å². The third-order valence-electron chi connectivity index (χ3n) is 3.47. The zero-order chi connectivity index (χ0) is 12.3. The Morgan fingerprint density at radius 2 is 2.06 bits per heavy atom. The zero-order valence-corrected chi connectivity index (χ0v) is 11.2. The number of hydrogen-bond donors (Lipinski definition) is 2. The third-order valence-corrected chi connectivity index (χ3v) is 4.69. The second-order valence-corrected chi connectivity index (χ2v) is 5.98. The Bertz CT molecular complexity index is 378. The molecule has 1 saturated heterocycles. The molecule has 1 fully saturated rings. The lowest BCUT2D eigenvalue weighted by atomic mass is 9.96. The van der Waals surface area contributed by atoms with Gasteiger partial charge >= 0.3 is 0 Å². The molecular weight excluding hydrogens is 230 g/mol. The van der Waals surface area contributed by atoms with Crippen molar-refractivity contribution in [1.82, 2.24) is 4.90 Å². The van der Waals surface area contributed by atoms with Crippen LogP contribution in [0.15, 0.2) is 12.1 Å². The van der Waals surface area contributed by atoms with Gasteiger partial charge in [0.25, 0.3) is 0 Å². The van der Waals surface area contributed by atoms with E-state index in [1.54, 1.807) is 0 Å². The summed E-state index contributed by atoms with van der Waals surface area (Å²) in [5.41, 5.74) is 5.55. The first kappa shape index (κ1) is 12.6. The molecule has 0 bridgehead atoms. The van der Waals surface area contributed by atoms with Crippen LogP contribution in [0.5, 0.6) is 0 Å². The summed E-state index contributed by atoms with van der Waals surface area (Å²) in [6.45, 7) is 5.41. The fraction of sp³-hybridized carbons (Fsp3) is 0.615. The van der Waals surface area contributed by atoms with Crippen molar-refractivity contribution in [3.05, 3.63) is 21.9 Å². The van der Waals surface area contributed by atoms with Gasteiger partial charge in [-0.25, -0.2) is 0 Å². The summed E-state index contributed by atoms with van der Waals surface area (Å²) in [6, 6.07) is 4.49. The normalized spacial score (nSPS) is 18.4. The Kier molecular flexibility index (Phi) is 4.18. The van der Waals surface area contributed by atoms with E-state index in [9.17, 15) is 0 Å². The van der Waals surface area contributed by atoms with Gasteiger partial charge < -0.3 is 5.73 Å². The van der Waals surface area contributed by atoms with E-state index in [1.165, 1.54) is 9.75 Å². The highest BCUT2D eigenvalue weighted by Crippen LogP contribution is 2.22. The summed E-state index contributed by atoms with van der Waals surface area (Å²) < 4.78 is 0. The molecule has 1 aliphatic heterocycles. The van der Waals surface area contributed by atoms with Crippen LogP contribution in [0.4, 0.5) is 0 Å². The van der Waals surface area contributed by atoms with Gasteiger partial charge in [-0.3, -0.25) is 10.3 Å². The van der Waals surface area contributed by atoms with Crippen LogP contribution in [-0.4, -0.2) is 23.8 Å². The molecule has 3 N–H and O–H groups in total. The Labute approximate surface area is 107 Å². The number of nitrogens with zero attached hydrogens (tertiary/aromatic N) is 1. The van der Waals surface area contributed by atoms with Crippen molar-refractivity contribution < 1.29 is 0 Å². The van der Waals surface area contributed by atoms with Gasteiger partial charge in [-0.2, -0.15) is 0 Å². The average Bonchev–Trinajstić information content (AvgIpc) is 2.77. The molecule has 0 aliphatic carbocycles. The van der Waals surface area contributed by atoms with Crippen molar-refractivity contribution in [3.8, 4) is 0 Å². The topological polar surface area (TPSA) is 53.1 Å². The number of nitrogens with one attached hydrogen (secondary N) is 1. The van der Waals surface area contributed by atoms with E-state index >= 15 is 0 Å². The number of nitrogens with two attached hydrogens (primary N) is 1. The van der Waals surface area contributed by atoms with Crippen LogP contribution in [0.1, 0.15) is 29.5 Å². The van der Waals surface area contributed by atoms with Crippen LogP contribution in [0, 0.1) is 11.3 Å². The van der Waals surface area contributed by atoms with Crippen molar-refractivity contribution in [2.45, 2.75) is 32.7 Å². The fourth-order valence-electron chi connectivity index (χ4n) is 2.32. The molecule has 4 heteroatoms. The van der Waals surface area contributed by atoms with Crippen LogP contribution >= 0.6 is 11.3 Å². The maximum atomic E-state index is 7.47. The van der Waals surface area contributed by atoms with Gasteiger partial charge in [-0.15, -0.1) is 11.3 Å². The molecule has 17 heavy (non-hydrogen) atoms. The van der Waals surface area contributed by atoms with Gasteiger partial charge in [0.1, 0.15) is 0 Å². The summed E-state index contributed by atoms with van der Waals surface area (Å²) in [5.74, 6) is 0.690. The molecule has 0 aromatic carbocycles. The van der Waals surface area contributed by atoms with Crippen LogP contribution in [0.3, 0.4) is 0 Å². The molecule has 0 amide bonds. The van der Waals surface area contributed by atoms with E-state index in [4.69, 9.17) is 11.1 Å². The number of amidine groups is 1. The summed E-state index contributed by atoms with van der Waals surface area (Å²) in [4.78, 5) is 5.41. The molecule has 1 aromatic heterocycles. The molecule has 0 saturated carbocycles. The van der Waals surface area contributed by atoms with Gasteiger partial charge in [-0.1, -0.05) is 6.92 Å². The van der Waals surface area contributed by atoms with Crippen molar-refractivity contribution in [1.29, 1.82) is 5.41 Å². The van der Waals surface area contributed by atoms with Crippen LogP contribution in [-0.2, 0) is 13.0 Å². The largest absolute Gasteiger partial charge is 0.387 e. The number of likely N-dealkylation sites (tertiary alicyclic amines) is 1. The van der Waals surface area contributed by atoms with Gasteiger partial charge in [0.05, 0.1) is 5.84 Å². The molecule has 2 rings (SSSR count). The number of aryl methyl sites for hydroxylation is 1. The monoisotopic (exact) mass is 251 g/mol. The minimum Gasteiger partial charge on any atom is -0.387 e. The van der Waals surface area contributed by atoms with E-state index in [-0.39, 0.29) is 0 Å². The summed E-state index contributed by atoms with van der Waals surface area (Å²) in [7, 11) is 0. The molecule has 3 nitrogen and oxygen atoms in total. The number of hydrogen-bond acceptors (Lipinski definition) is 3. The maximum Gasteiger partial charge on any atom is 0.0937 e. The van der Waals surface area contributed by atoms with E-state index in [0.717, 1.165) is 38.9 Å². The molecule has 2 heterocycles. The predicted octanol–water partition coefficient (Wildman–Crippen LogP) is 2.46. The first-order valence-electron chi connectivity index (χ1n) is 6.33. The maximum absolute atomic E-state index is 7.47. The van der Waals surface area contributed by atoms with Crippen molar-refractivity contribution in [3.63, 3.8) is 0 Å². The summed E-state index contributed by atoms with van der Waals surface area (Å²) in [6.07, 6.45) is 3.22. The molecule has 1 aromatic rings. The Balaban J connectivity index is 1.83.